The van der Waals surface area contributed by atoms with Crippen molar-refractivity contribution in [2.24, 2.45) is 5.92 Å². The first-order chi connectivity index (χ1) is 12.0. The Hall–Kier alpha value is -2.60. The third-order valence-corrected chi connectivity index (χ3v) is 4.50. The Kier molecular flexibility index (Phi) is 4.90. The molecule has 25 heavy (non-hydrogen) atoms. The number of aryl methyl sites for hydroxylation is 1. The van der Waals surface area contributed by atoms with Gasteiger partial charge >= 0.3 is 11.8 Å². The molecule has 1 saturated carbocycles. The van der Waals surface area contributed by atoms with E-state index < -0.39 is 17.4 Å². The molecule has 0 spiro atoms. The summed E-state index contributed by atoms with van der Waals surface area (Å²) in [6.07, 6.45) is 3.22. The van der Waals surface area contributed by atoms with Crippen LogP contribution in [0, 0.1) is 12.8 Å². The van der Waals surface area contributed by atoms with Gasteiger partial charge in [0.1, 0.15) is 11.4 Å². The molecule has 1 unspecified atom stereocenters. The monoisotopic (exact) mass is 342 g/mol. The van der Waals surface area contributed by atoms with Crippen LogP contribution in [-0.4, -0.2) is 23.5 Å². The summed E-state index contributed by atoms with van der Waals surface area (Å²) in [7, 11) is 0. The van der Waals surface area contributed by atoms with Crippen molar-refractivity contribution >= 4 is 11.8 Å². The van der Waals surface area contributed by atoms with Gasteiger partial charge < -0.3 is 20.2 Å². The fourth-order valence-corrected chi connectivity index (χ4v) is 2.78. The molecule has 132 valence electrons. The molecule has 2 amide bonds. The van der Waals surface area contributed by atoms with E-state index in [0.29, 0.717) is 5.76 Å². The number of amides is 2. The number of furan rings is 1. The first-order valence-corrected chi connectivity index (χ1v) is 8.37. The van der Waals surface area contributed by atoms with Gasteiger partial charge in [0.2, 0.25) is 0 Å². The second-order valence-electron chi connectivity index (χ2n) is 6.53. The maximum absolute atomic E-state index is 12.0. The summed E-state index contributed by atoms with van der Waals surface area (Å²) in [4.78, 5) is 24.0. The Bertz CT molecular complexity index is 735. The smallest absolute Gasteiger partial charge is 0.309 e. The van der Waals surface area contributed by atoms with Crippen molar-refractivity contribution < 1.29 is 19.1 Å². The van der Waals surface area contributed by atoms with Crippen molar-refractivity contribution in [1.29, 1.82) is 0 Å². The minimum absolute atomic E-state index is 0.0366. The summed E-state index contributed by atoms with van der Waals surface area (Å²) in [6.45, 7) is 2.20. The zero-order chi connectivity index (χ0) is 17.9. The largest absolute Gasteiger partial charge is 0.466 e. The van der Waals surface area contributed by atoms with Gasteiger partial charge in [0.05, 0.1) is 12.8 Å². The molecule has 6 heteroatoms. The number of rotatable bonds is 6. The summed E-state index contributed by atoms with van der Waals surface area (Å²) in [5.41, 5.74) is 0.776. The molecule has 6 nitrogen and oxygen atoms in total. The molecule has 1 heterocycles. The summed E-state index contributed by atoms with van der Waals surface area (Å²) >= 11 is 0. The van der Waals surface area contributed by atoms with Crippen molar-refractivity contribution in [1.82, 2.24) is 10.6 Å². The zero-order valence-corrected chi connectivity index (χ0v) is 14.1. The highest BCUT2D eigenvalue weighted by Gasteiger charge is 2.47. The van der Waals surface area contributed by atoms with Crippen LogP contribution in [0.25, 0.3) is 0 Å². The minimum atomic E-state index is -1.27. The molecule has 1 aromatic carbocycles. The van der Waals surface area contributed by atoms with Crippen LogP contribution in [0.3, 0.4) is 0 Å². The van der Waals surface area contributed by atoms with E-state index in [0.717, 1.165) is 24.0 Å². The van der Waals surface area contributed by atoms with Crippen molar-refractivity contribution in [3.05, 3.63) is 59.5 Å². The predicted molar refractivity (Wildman–Crippen MR) is 91.4 cm³/mol. The summed E-state index contributed by atoms with van der Waals surface area (Å²) in [5.74, 6) is -1.04. The van der Waals surface area contributed by atoms with Gasteiger partial charge in [-0.15, -0.1) is 0 Å². The summed E-state index contributed by atoms with van der Waals surface area (Å²) < 4.78 is 5.31. The molecule has 0 saturated heterocycles. The molecule has 0 aliphatic heterocycles. The normalized spacial score (nSPS) is 16.1. The molecule has 1 fully saturated rings. The molecule has 1 aromatic heterocycles. The maximum atomic E-state index is 12.0. The molecule has 0 radical (unpaired) electrons. The van der Waals surface area contributed by atoms with E-state index in [2.05, 4.69) is 10.6 Å². The van der Waals surface area contributed by atoms with Crippen LogP contribution >= 0.6 is 0 Å². The second-order valence-corrected chi connectivity index (χ2v) is 6.53. The SMILES string of the molecule is Cc1ccc(CNC(=O)C(=O)NCC(O)(c2ccco2)C2CC2)cc1. The average Bonchev–Trinajstić information content (AvgIpc) is 3.33. The van der Waals surface area contributed by atoms with Crippen LogP contribution < -0.4 is 10.6 Å². The molecular formula is C19H22N2O4. The molecule has 1 atom stereocenters. The highest BCUT2D eigenvalue weighted by atomic mass is 16.4. The lowest BCUT2D eigenvalue weighted by Crippen LogP contribution is -2.47. The van der Waals surface area contributed by atoms with Crippen LogP contribution in [0.5, 0.6) is 0 Å². The zero-order valence-electron chi connectivity index (χ0n) is 14.1. The standard InChI is InChI=1S/C19H22N2O4/c1-13-4-6-14(7-5-13)11-20-17(22)18(23)21-12-19(24,15-8-9-15)16-3-2-10-25-16/h2-7,10,15,24H,8-9,11-12H2,1H3,(H,20,22)(H,21,23). The summed E-state index contributed by atoms with van der Waals surface area (Å²) in [5, 5.41) is 15.9. The lowest BCUT2D eigenvalue weighted by molar-refractivity contribution is -0.140. The molecule has 3 rings (SSSR count). The van der Waals surface area contributed by atoms with Gasteiger partial charge in [-0.25, -0.2) is 0 Å². The van der Waals surface area contributed by atoms with Crippen LogP contribution in [0.4, 0.5) is 0 Å². The van der Waals surface area contributed by atoms with E-state index in [1.165, 1.54) is 6.26 Å². The molecule has 2 aromatic rings. The van der Waals surface area contributed by atoms with E-state index in [4.69, 9.17) is 4.42 Å². The second kappa shape index (κ2) is 7.11. The number of carbonyl (C=O) groups excluding carboxylic acids is 2. The van der Waals surface area contributed by atoms with E-state index in [9.17, 15) is 14.7 Å². The van der Waals surface area contributed by atoms with Gasteiger partial charge in [0.25, 0.3) is 0 Å². The molecule has 1 aliphatic carbocycles. The molecule has 1 aliphatic rings. The van der Waals surface area contributed by atoms with Gasteiger partial charge in [-0.1, -0.05) is 29.8 Å². The Morgan fingerprint density at radius 1 is 1.16 bits per heavy atom. The average molecular weight is 342 g/mol. The van der Waals surface area contributed by atoms with Crippen LogP contribution in [-0.2, 0) is 21.7 Å². The predicted octanol–water partition coefficient (Wildman–Crippen LogP) is 1.62. The third kappa shape index (κ3) is 4.09. The highest BCUT2D eigenvalue weighted by molar-refractivity contribution is 6.35. The fourth-order valence-electron chi connectivity index (χ4n) is 2.78. The van der Waals surface area contributed by atoms with Crippen LogP contribution in [0.2, 0.25) is 0 Å². The minimum Gasteiger partial charge on any atom is -0.466 e. The fraction of sp³-hybridized carbons (Fsp3) is 0.368. The van der Waals surface area contributed by atoms with Gasteiger partial charge in [-0.2, -0.15) is 0 Å². The summed E-state index contributed by atoms with van der Waals surface area (Å²) in [6, 6.07) is 11.1. The van der Waals surface area contributed by atoms with Crippen LogP contribution in [0.1, 0.15) is 29.7 Å². The number of aliphatic hydroxyl groups is 1. The van der Waals surface area contributed by atoms with Crippen LogP contribution in [0.15, 0.2) is 47.1 Å². The van der Waals surface area contributed by atoms with E-state index >= 15 is 0 Å². The highest BCUT2D eigenvalue weighted by Crippen LogP contribution is 2.45. The lowest BCUT2D eigenvalue weighted by atomic mass is 9.94. The van der Waals surface area contributed by atoms with E-state index in [-0.39, 0.29) is 19.0 Å². The van der Waals surface area contributed by atoms with Crippen molar-refractivity contribution in [3.63, 3.8) is 0 Å². The number of hydrogen-bond acceptors (Lipinski definition) is 4. The first kappa shape index (κ1) is 17.2. The van der Waals surface area contributed by atoms with Crippen molar-refractivity contribution in [3.8, 4) is 0 Å². The van der Waals surface area contributed by atoms with Gasteiger partial charge in [0.15, 0.2) is 0 Å². The Balaban J connectivity index is 1.52. The Morgan fingerprint density at radius 2 is 1.84 bits per heavy atom. The van der Waals surface area contributed by atoms with Crippen molar-refractivity contribution in [2.45, 2.75) is 31.9 Å². The third-order valence-electron chi connectivity index (χ3n) is 4.50. The lowest BCUT2D eigenvalue weighted by Gasteiger charge is -2.26. The van der Waals surface area contributed by atoms with E-state index in [1.807, 2.05) is 31.2 Å². The number of nitrogens with one attached hydrogen (secondary N) is 2. The Labute approximate surface area is 146 Å². The van der Waals surface area contributed by atoms with Gasteiger partial charge in [-0.05, 0) is 43.4 Å². The number of carbonyl (C=O) groups is 2. The maximum Gasteiger partial charge on any atom is 0.309 e. The first-order valence-electron chi connectivity index (χ1n) is 8.37. The molecular weight excluding hydrogens is 320 g/mol. The van der Waals surface area contributed by atoms with Gasteiger partial charge in [-0.3, -0.25) is 9.59 Å². The number of benzene rings is 1. The number of hydrogen-bond donors (Lipinski definition) is 3. The van der Waals surface area contributed by atoms with Gasteiger partial charge in [0, 0.05) is 6.54 Å². The quantitative estimate of drug-likeness (QED) is 0.696. The Morgan fingerprint density at radius 3 is 2.44 bits per heavy atom. The molecule has 3 N–H and O–H groups in total. The van der Waals surface area contributed by atoms with E-state index in [1.54, 1.807) is 12.1 Å². The van der Waals surface area contributed by atoms with Crippen molar-refractivity contribution in [2.75, 3.05) is 6.54 Å². The molecule has 0 bridgehead atoms. The topological polar surface area (TPSA) is 91.6 Å².